The van der Waals surface area contributed by atoms with Gasteiger partial charge in [0.25, 0.3) is 5.91 Å². The van der Waals surface area contributed by atoms with E-state index in [1.807, 2.05) is 4.90 Å². The van der Waals surface area contributed by atoms with Gasteiger partial charge >= 0.3 is 0 Å². The van der Waals surface area contributed by atoms with E-state index in [1.165, 1.54) is 16.8 Å². The standard InChI is InChI=1S/C23H27F2N3O2/c1-16-5-3-6-21(17(16)2)27-11-13-28(14-12-27)22(29)7-4-10-26-23(30)19-9-8-18(24)15-20(19)25/h3,5-6,8-9,15H,4,7,10-14H2,1-2H3,(H,26,30). The Morgan fingerprint density at radius 1 is 1.03 bits per heavy atom. The number of hydrogen-bond acceptors (Lipinski definition) is 3. The van der Waals surface area contributed by atoms with E-state index < -0.39 is 17.5 Å². The second-order valence-corrected chi connectivity index (χ2v) is 7.57. The molecule has 3 rings (SSSR count). The molecule has 1 fully saturated rings. The lowest BCUT2D eigenvalue weighted by molar-refractivity contribution is -0.131. The van der Waals surface area contributed by atoms with Crippen LogP contribution in [0, 0.1) is 25.5 Å². The van der Waals surface area contributed by atoms with Gasteiger partial charge in [-0.05, 0) is 49.6 Å². The fourth-order valence-electron chi connectivity index (χ4n) is 3.64. The Morgan fingerprint density at radius 2 is 1.77 bits per heavy atom. The van der Waals surface area contributed by atoms with Gasteiger partial charge in [-0.25, -0.2) is 8.78 Å². The number of nitrogens with zero attached hydrogens (tertiary/aromatic N) is 2. The maximum atomic E-state index is 13.6. The van der Waals surface area contributed by atoms with Crippen LogP contribution in [0.15, 0.2) is 36.4 Å². The quantitative estimate of drug-likeness (QED) is 0.736. The molecule has 7 heteroatoms. The van der Waals surface area contributed by atoms with Crippen LogP contribution in [0.2, 0.25) is 0 Å². The minimum atomic E-state index is -0.898. The minimum Gasteiger partial charge on any atom is -0.368 e. The van der Waals surface area contributed by atoms with Gasteiger partial charge in [0.1, 0.15) is 11.6 Å². The number of halogens is 2. The Kier molecular flexibility index (Phi) is 7.03. The molecule has 0 aromatic heterocycles. The van der Waals surface area contributed by atoms with Gasteiger partial charge in [-0.3, -0.25) is 9.59 Å². The fourth-order valence-corrected chi connectivity index (χ4v) is 3.64. The predicted molar refractivity (Wildman–Crippen MR) is 113 cm³/mol. The smallest absolute Gasteiger partial charge is 0.254 e. The molecule has 1 aliphatic heterocycles. The summed E-state index contributed by atoms with van der Waals surface area (Å²) in [5, 5.41) is 2.58. The second-order valence-electron chi connectivity index (χ2n) is 7.57. The molecule has 1 saturated heterocycles. The Morgan fingerprint density at radius 3 is 2.47 bits per heavy atom. The van der Waals surface area contributed by atoms with Crippen LogP contribution >= 0.6 is 0 Å². The molecule has 0 atom stereocenters. The van der Waals surface area contributed by atoms with Crippen molar-refractivity contribution in [1.29, 1.82) is 0 Å². The number of piperazine rings is 1. The van der Waals surface area contributed by atoms with Gasteiger partial charge in [-0.2, -0.15) is 0 Å². The number of aryl methyl sites for hydroxylation is 1. The third kappa shape index (κ3) is 5.14. The van der Waals surface area contributed by atoms with Crippen molar-refractivity contribution in [2.75, 3.05) is 37.6 Å². The van der Waals surface area contributed by atoms with E-state index in [-0.39, 0.29) is 18.0 Å². The van der Waals surface area contributed by atoms with Crippen molar-refractivity contribution in [2.24, 2.45) is 0 Å². The first-order chi connectivity index (χ1) is 14.4. The van der Waals surface area contributed by atoms with E-state index in [0.717, 1.165) is 25.2 Å². The molecule has 0 aliphatic carbocycles. The summed E-state index contributed by atoms with van der Waals surface area (Å²) in [6.07, 6.45) is 0.778. The van der Waals surface area contributed by atoms with E-state index in [1.54, 1.807) is 0 Å². The zero-order valence-corrected chi connectivity index (χ0v) is 17.4. The average Bonchev–Trinajstić information content (AvgIpc) is 2.73. The highest BCUT2D eigenvalue weighted by Crippen LogP contribution is 2.24. The van der Waals surface area contributed by atoms with Crippen molar-refractivity contribution < 1.29 is 18.4 Å². The van der Waals surface area contributed by atoms with Crippen LogP contribution in [0.4, 0.5) is 14.5 Å². The molecule has 0 radical (unpaired) electrons. The van der Waals surface area contributed by atoms with Gasteiger partial charge in [0.15, 0.2) is 0 Å². The van der Waals surface area contributed by atoms with Crippen molar-refractivity contribution >= 4 is 17.5 Å². The maximum absolute atomic E-state index is 13.6. The molecular weight excluding hydrogens is 388 g/mol. The monoisotopic (exact) mass is 415 g/mol. The Balaban J connectivity index is 1.41. The van der Waals surface area contributed by atoms with Crippen molar-refractivity contribution in [3.8, 4) is 0 Å². The van der Waals surface area contributed by atoms with Crippen LogP contribution in [0.1, 0.15) is 34.3 Å². The Hall–Kier alpha value is -2.96. The first kappa shape index (κ1) is 21.7. The van der Waals surface area contributed by atoms with Crippen LogP contribution in [0.25, 0.3) is 0 Å². The number of anilines is 1. The molecule has 1 heterocycles. The number of benzene rings is 2. The van der Waals surface area contributed by atoms with E-state index >= 15 is 0 Å². The van der Waals surface area contributed by atoms with Crippen LogP contribution < -0.4 is 10.2 Å². The summed E-state index contributed by atoms with van der Waals surface area (Å²) in [7, 11) is 0. The highest BCUT2D eigenvalue weighted by atomic mass is 19.1. The van der Waals surface area contributed by atoms with E-state index in [2.05, 4.69) is 42.3 Å². The van der Waals surface area contributed by atoms with Crippen molar-refractivity contribution in [3.63, 3.8) is 0 Å². The molecule has 1 aliphatic rings. The van der Waals surface area contributed by atoms with Crippen molar-refractivity contribution in [1.82, 2.24) is 10.2 Å². The van der Waals surface area contributed by atoms with E-state index in [0.29, 0.717) is 32.0 Å². The lowest BCUT2D eigenvalue weighted by Gasteiger charge is -2.37. The van der Waals surface area contributed by atoms with Gasteiger partial charge in [-0.15, -0.1) is 0 Å². The maximum Gasteiger partial charge on any atom is 0.254 e. The van der Waals surface area contributed by atoms with Gasteiger partial charge in [0, 0.05) is 50.9 Å². The van der Waals surface area contributed by atoms with Crippen LogP contribution in [-0.2, 0) is 4.79 Å². The number of rotatable bonds is 6. The van der Waals surface area contributed by atoms with E-state index in [4.69, 9.17) is 0 Å². The van der Waals surface area contributed by atoms with Gasteiger partial charge in [0.05, 0.1) is 5.56 Å². The number of amides is 2. The molecular formula is C23H27F2N3O2. The molecule has 0 bridgehead atoms. The first-order valence-corrected chi connectivity index (χ1v) is 10.2. The molecule has 2 aromatic rings. The highest BCUT2D eigenvalue weighted by Gasteiger charge is 2.22. The van der Waals surface area contributed by atoms with Crippen molar-refractivity contribution in [2.45, 2.75) is 26.7 Å². The third-order valence-corrected chi connectivity index (χ3v) is 5.58. The lowest BCUT2D eigenvalue weighted by atomic mass is 10.1. The Labute approximate surface area is 175 Å². The summed E-state index contributed by atoms with van der Waals surface area (Å²) in [4.78, 5) is 28.6. The summed E-state index contributed by atoms with van der Waals surface area (Å²) < 4.78 is 26.5. The molecule has 2 amide bonds. The zero-order valence-electron chi connectivity index (χ0n) is 17.4. The van der Waals surface area contributed by atoms with Gasteiger partial charge in [-0.1, -0.05) is 12.1 Å². The topological polar surface area (TPSA) is 52.6 Å². The van der Waals surface area contributed by atoms with Gasteiger partial charge < -0.3 is 15.1 Å². The van der Waals surface area contributed by atoms with Crippen LogP contribution in [0.3, 0.4) is 0 Å². The zero-order chi connectivity index (χ0) is 21.7. The molecule has 5 nitrogen and oxygen atoms in total. The average molecular weight is 415 g/mol. The van der Waals surface area contributed by atoms with Crippen LogP contribution in [-0.4, -0.2) is 49.4 Å². The lowest BCUT2D eigenvalue weighted by Crippen LogP contribution is -2.49. The molecule has 1 N–H and O–H groups in total. The van der Waals surface area contributed by atoms with Crippen LogP contribution in [0.5, 0.6) is 0 Å². The Bertz CT molecular complexity index is 925. The molecule has 0 unspecified atom stereocenters. The number of hydrogen-bond donors (Lipinski definition) is 1. The molecule has 0 spiro atoms. The summed E-state index contributed by atoms with van der Waals surface area (Å²) >= 11 is 0. The highest BCUT2D eigenvalue weighted by molar-refractivity contribution is 5.94. The summed E-state index contributed by atoms with van der Waals surface area (Å²) in [5.41, 5.74) is 3.54. The first-order valence-electron chi connectivity index (χ1n) is 10.2. The minimum absolute atomic E-state index is 0.0535. The normalized spacial score (nSPS) is 14.0. The summed E-state index contributed by atoms with van der Waals surface area (Å²) in [5.74, 6) is -2.18. The largest absolute Gasteiger partial charge is 0.368 e. The fraction of sp³-hybridized carbons (Fsp3) is 0.391. The summed E-state index contributed by atoms with van der Waals surface area (Å²) in [6, 6.07) is 9.10. The number of carbonyl (C=O) groups is 2. The molecule has 30 heavy (non-hydrogen) atoms. The molecule has 160 valence electrons. The van der Waals surface area contributed by atoms with Crippen molar-refractivity contribution in [3.05, 3.63) is 64.7 Å². The van der Waals surface area contributed by atoms with Gasteiger partial charge in [0.2, 0.25) is 5.91 Å². The summed E-state index contributed by atoms with van der Waals surface area (Å²) in [6.45, 7) is 7.38. The third-order valence-electron chi connectivity index (χ3n) is 5.58. The predicted octanol–water partition coefficient (Wildman–Crippen LogP) is 3.44. The second kappa shape index (κ2) is 9.69. The molecule has 0 saturated carbocycles. The SMILES string of the molecule is Cc1cccc(N2CCN(C(=O)CCCNC(=O)c3ccc(F)cc3F)CC2)c1C. The van der Waals surface area contributed by atoms with E-state index in [9.17, 15) is 18.4 Å². The number of carbonyl (C=O) groups excluding carboxylic acids is 2. The number of nitrogens with one attached hydrogen (secondary N) is 1. The molecule has 2 aromatic carbocycles.